The van der Waals surface area contributed by atoms with E-state index in [1.54, 1.807) is 71.8 Å². The van der Waals surface area contributed by atoms with Crippen molar-refractivity contribution in [2.24, 2.45) is 39.6 Å². The van der Waals surface area contributed by atoms with Gasteiger partial charge in [0, 0.05) is 92.6 Å². The van der Waals surface area contributed by atoms with Gasteiger partial charge in [-0.2, -0.15) is 0 Å². The molecule has 368 valence electrons. The molecule has 2 aromatic carbocycles. The minimum atomic E-state index is -1.64. The van der Waals surface area contributed by atoms with Crippen molar-refractivity contribution < 1.29 is 63.6 Å². The summed E-state index contributed by atoms with van der Waals surface area (Å²) < 4.78 is 29.8. The topological polar surface area (TPSA) is 238 Å². The second-order valence-electron chi connectivity index (χ2n) is 19.4. The second kappa shape index (κ2) is 20.7. The van der Waals surface area contributed by atoms with E-state index >= 15 is 0 Å². The van der Waals surface area contributed by atoms with Crippen molar-refractivity contribution in [1.82, 2.24) is 4.90 Å². The first kappa shape index (κ1) is 51.3. The van der Waals surface area contributed by atoms with Crippen molar-refractivity contribution >= 4 is 34.4 Å². The largest absolute Gasteiger partial charge is 0.507 e. The number of carbonyl (C=O) groups is 3. The Hall–Kier alpha value is -5.07. The monoisotopic (exact) mass is 934 g/mol. The van der Waals surface area contributed by atoms with Gasteiger partial charge in [0.25, 0.3) is 5.91 Å². The van der Waals surface area contributed by atoms with Crippen LogP contribution in [0, 0.1) is 36.5 Å². The van der Waals surface area contributed by atoms with Gasteiger partial charge < -0.3 is 59.4 Å². The minimum absolute atomic E-state index is 0.0711. The number of esters is 1. The fraction of sp³-hybridized carbons (Fsp3) is 0.620. The Morgan fingerprint density at radius 2 is 1.63 bits per heavy atom. The van der Waals surface area contributed by atoms with Crippen molar-refractivity contribution in [2.75, 3.05) is 38.7 Å². The summed E-state index contributed by atoms with van der Waals surface area (Å²) in [6.45, 7) is 18.1. The average molecular weight is 935 g/mol. The molecule has 17 heteroatoms. The molecule has 4 heterocycles. The van der Waals surface area contributed by atoms with Crippen LogP contribution in [-0.4, -0.2) is 118 Å². The summed E-state index contributed by atoms with van der Waals surface area (Å²) in [7, 11) is 1.55. The van der Waals surface area contributed by atoms with Crippen LogP contribution in [0.15, 0.2) is 45.9 Å². The Balaban J connectivity index is 1.44. The van der Waals surface area contributed by atoms with Gasteiger partial charge in [-0.1, -0.05) is 71.9 Å². The average Bonchev–Trinajstić information content (AvgIpc) is 3.79. The lowest BCUT2D eigenvalue weighted by Crippen LogP contribution is -2.46. The Morgan fingerprint density at radius 3 is 2.27 bits per heavy atom. The summed E-state index contributed by atoms with van der Waals surface area (Å²) in [5, 5.41) is 62.6. The van der Waals surface area contributed by atoms with E-state index in [2.05, 4.69) is 5.32 Å². The number of allylic oxidation sites excluding steroid dienone is 3. The molecule has 2 aromatic rings. The Labute approximate surface area is 392 Å². The molecule has 0 saturated carbocycles. The van der Waals surface area contributed by atoms with Gasteiger partial charge in [0.05, 0.1) is 42.3 Å². The zero-order valence-electron chi connectivity index (χ0n) is 40.7. The predicted molar refractivity (Wildman–Crippen MR) is 249 cm³/mol. The lowest BCUT2D eigenvalue weighted by atomic mass is 9.78. The molecule has 10 atom stereocenters. The van der Waals surface area contributed by atoms with Crippen molar-refractivity contribution in [3.05, 3.63) is 57.8 Å². The molecular weight excluding hydrogens is 865 g/mol. The maximum absolute atomic E-state index is 14.0. The maximum Gasteiger partial charge on any atom is 0.409 e. The summed E-state index contributed by atoms with van der Waals surface area (Å²) in [5.74, 6) is -5.46. The van der Waals surface area contributed by atoms with Crippen LogP contribution < -0.4 is 20.8 Å². The number of amides is 2. The number of phenols is 2. The summed E-state index contributed by atoms with van der Waals surface area (Å²) >= 11 is 0. The Morgan fingerprint density at radius 1 is 0.955 bits per heavy atom. The van der Waals surface area contributed by atoms with Crippen LogP contribution in [0.4, 0.5) is 10.5 Å². The third-order valence-corrected chi connectivity index (χ3v) is 13.8. The number of anilines is 1. The van der Waals surface area contributed by atoms with E-state index in [0.29, 0.717) is 12.8 Å². The summed E-state index contributed by atoms with van der Waals surface area (Å²) in [6, 6.07) is 0. The molecule has 6 N–H and O–H groups in total. The highest BCUT2D eigenvalue weighted by molar-refractivity contribution is 6.08. The highest BCUT2D eigenvalue weighted by Crippen LogP contribution is 2.54. The molecular formula is C50H70N4O13. The van der Waals surface area contributed by atoms with E-state index in [9.17, 15) is 39.9 Å². The third kappa shape index (κ3) is 10.4. The van der Waals surface area contributed by atoms with Gasteiger partial charge in [-0.25, -0.2) is 4.79 Å². The number of benzene rings is 2. The minimum Gasteiger partial charge on any atom is -0.507 e. The van der Waals surface area contributed by atoms with Gasteiger partial charge in [-0.05, 0) is 32.6 Å². The van der Waals surface area contributed by atoms with Crippen LogP contribution in [0.1, 0.15) is 105 Å². The van der Waals surface area contributed by atoms with E-state index in [4.69, 9.17) is 33.7 Å². The van der Waals surface area contributed by atoms with Gasteiger partial charge in [-0.3, -0.25) is 19.6 Å². The summed E-state index contributed by atoms with van der Waals surface area (Å²) in [5.41, 5.74) is -0.568. The van der Waals surface area contributed by atoms with E-state index in [1.807, 2.05) is 32.9 Å². The fourth-order valence-electron chi connectivity index (χ4n) is 9.59. The number of hydrogen-bond donors (Lipinski definition) is 6. The first-order valence-corrected chi connectivity index (χ1v) is 23.4. The van der Waals surface area contributed by atoms with E-state index in [1.165, 1.54) is 6.92 Å². The number of nitrogens with one attached hydrogen (secondary N) is 1. The van der Waals surface area contributed by atoms with Gasteiger partial charge in [0.1, 0.15) is 34.8 Å². The van der Waals surface area contributed by atoms with Crippen LogP contribution in [-0.2, 0) is 28.5 Å². The summed E-state index contributed by atoms with van der Waals surface area (Å²) in [6.07, 6.45) is 4.97. The molecule has 6 rings (SSSR count). The number of aromatic hydroxyl groups is 2. The van der Waals surface area contributed by atoms with Crippen LogP contribution in [0.2, 0.25) is 0 Å². The third-order valence-electron chi connectivity index (χ3n) is 13.8. The molecule has 1 unspecified atom stereocenters. The zero-order chi connectivity index (χ0) is 49.3. The van der Waals surface area contributed by atoms with Crippen LogP contribution in [0.3, 0.4) is 0 Å². The van der Waals surface area contributed by atoms with Crippen LogP contribution in [0.25, 0.3) is 10.8 Å². The molecule has 4 aliphatic rings. The van der Waals surface area contributed by atoms with E-state index in [-0.39, 0.29) is 100 Å². The first-order chi connectivity index (χ1) is 31.6. The van der Waals surface area contributed by atoms with Crippen LogP contribution >= 0.6 is 0 Å². The van der Waals surface area contributed by atoms with Crippen molar-refractivity contribution in [1.29, 1.82) is 0 Å². The lowest BCUT2D eigenvalue weighted by molar-refractivity contribution is -0.213. The second-order valence-corrected chi connectivity index (χ2v) is 19.4. The van der Waals surface area contributed by atoms with Gasteiger partial charge in [-0.15, -0.1) is 0 Å². The van der Waals surface area contributed by atoms with Crippen molar-refractivity contribution in [3.8, 4) is 17.2 Å². The molecule has 2 amide bonds. The number of fused-ring (bicyclic) bond motifs is 1. The number of methoxy groups -OCH3 is 1. The molecule has 17 nitrogen and oxygen atoms in total. The normalized spacial score (nSPS) is 32.2. The molecule has 1 spiro atoms. The number of rotatable bonds is 4. The first-order valence-electron chi connectivity index (χ1n) is 23.4. The molecule has 1 fully saturated rings. The van der Waals surface area contributed by atoms with Crippen molar-refractivity contribution in [3.63, 3.8) is 0 Å². The van der Waals surface area contributed by atoms with E-state index < -0.39 is 89.4 Å². The predicted octanol–water partition coefficient (Wildman–Crippen LogP) is 5.56. The Kier molecular flexibility index (Phi) is 15.8. The molecule has 0 aromatic heterocycles. The van der Waals surface area contributed by atoms with Gasteiger partial charge in [0.2, 0.25) is 5.79 Å². The number of aliphatic hydroxyl groups excluding tert-OH is 3. The standard InChI is InChI=1S/C50H70N4O13/c1-25(2)24-64-48(62)54-21-19-50(20-22-54)52-37-34-35-42(58)31(8)45-36(34)46(60)49(10,67-45)65-23-14-12-13-18-33(63-11)28(5)44(66-32(9)55)30(7)41(57)29(6)40(56)26(3)16-15-17-27(4)47(61)51-39(43(35)59)38(37)53-50/h13,15-18,25-26,28-30,33,40-41,44,46,56-60H,12,14,19-24H2,1-11H3,(H,51,61)/b16-15+,18-13+,27-17-/t26-,28+,29+,30+,33-,40-,41+,44+,46?,49-/m0/s1. The number of nitrogens with zero attached hydrogens (tertiary/aromatic N) is 3. The van der Waals surface area contributed by atoms with Gasteiger partial charge in [0.15, 0.2) is 11.4 Å². The highest BCUT2D eigenvalue weighted by atomic mass is 16.7. The molecule has 0 aliphatic carbocycles. The number of ether oxygens (including phenoxy) is 5. The molecule has 4 aliphatic heterocycles. The van der Waals surface area contributed by atoms with Crippen LogP contribution in [0.5, 0.6) is 17.2 Å². The van der Waals surface area contributed by atoms with Crippen molar-refractivity contribution in [2.45, 2.75) is 137 Å². The quantitative estimate of drug-likeness (QED) is 0.125. The SMILES string of the molecule is CO[C@H]1/C=C/CCCO[C@@]2(C)Oc3c(C)c(O)c4c(O)c(c5c(c4c3C2O)=NC2(CCN(C(=O)OCC(C)C)CC2)N=5)NC(=O)/C(C)=C\C=C\[C@H](C)[C@H](O)[C@@H](C)[C@@H](O)[C@@H](C)[C@H](OC(C)=O)[C@@H]1C. The smallest absolute Gasteiger partial charge is 0.409 e. The fourth-order valence-corrected chi connectivity index (χ4v) is 9.59. The number of hydrogen-bond acceptors (Lipinski definition) is 15. The number of carbonyl (C=O) groups excluding carboxylic acids is 3. The number of phenolic OH excluding ortho intramolecular Hbond substituents is 2. The maximum atomic E-state index is 14.0. The Bertz CT molecular complexity index is 2430. The molecule has 0 radical (unpaired) electrons. The van der Waals surface area contributed by atoms with E-state index in [0.717, 1.165) is 0 Å². The lowest BCUT2D eigenvalue weighted by Gasteiger charge is -2.38. The molecule has 1 saturated heterocycles. The number of piperidine rings is 1. The zero-order valence-corrected chi connectivity index (χ0v) is 40.7. The molecule has 4 bridgehead atoms. The number of likely N-dealkylation sites (tertiary alicyclic amines) is 1. The highest BCUT2D eigenvalue weighted by Gasteiger charge is 2.49. The summed E-state index contributed by atoms with van der Waals surface area (Å²) in [4.78, 5) is 51.1. The molecule has 67 heavy (non-hydrogen) atoms. The van der Waals surface area contributed by atoms with Gasteiger partial charge >= 0.3 is 12.1 Å². The number of aliphatic hydroxyl groups is 3.